The first-order chi connectivity index (χ1) is 9.43. The first-order valence-electron chi connectivity index (χ1n) is 6.99. The van der Waals surface area contributed by atoms with Gasteiger partial charge in [0.05, 0.1) is 0 Å². The van der Waals surface area contributed by atoms with Gasteiger partial charge in [0.25, 0.3) is 5.91 Å². The van der Waals surface area contributed by atoms with Crippen LogP contribution >= 0.6 is 0 Å². The molecule has 0 unspecified atom stereocenters. The Bertz CT molecular complexity index is 493. The second kappa shape index (κ2) is 7.68. The highest BCUT2D eigenvalue weighted by Gasteiger charge is 2.10. The van der Waals surface area contributed by atoms with Gasteiger partial charge in [-0.25, -0.2) is 5.43 Å². The lowest BCUT2D eigenvalue weighted by atomic mass is 10.0. The molecule has 0 saturated heterocycles. The van der Waals surface area contributed by atoms with Crippen molar-refractivity contribution in [3.8, 4) is 5.75 Å². The third-order valence-corrected chi connectivity index (χ3v) is 3.03. The quantitative estimate of drug-likeness (QED) is 0.639. The van der Waals surface area contributed by atoms with Crippen LogP contribution in [-0.4, -0.2) is 18.2 Å². The van der Waals surface area contributed by atoms with Crippen molar-refractivity contribution < 1.29 is 9.53 Å². The average molecular weight is 276 g/mol. The third-order valence-electron chi connectivity index (χ3n) is 3.03. The number of amides is 1. The van der Waals surface area contributed by atoms with Crippen LogP contribution in [0.4, 0.5) is 0 Å². The number of nitrogens with zero attached hydrogens (tertiary/aromatic N) is 1. The van der Waals surface area contributed by atoms with Gasteiger partial charge in [0, 0.05) is 5.71 Å². The molecule has 0 spiro atoms. The zero-order valence-electron chi connectivity index (χ0n) is 13.0. The summed E-state index contributed by atoms with van der Waals surface area (Å²) in [5, 5.41) is 3.97. The van der Waals surface area contributed by atoms with Crippen molar-refractivity contribution in [1.29, 1.82) is 0 Å². The standard InChI is InChI=1S/C16H24N2O2/c1-6-13(5)17-18-16(19)10-20-15-9-12(4)7-8-14(15)11(2)3/h7-9,11H,6,10H2,1-5H3,(H,18,19)/b17-13+. The molecular weight excluding hydrogens is 252 g/mol. The molecule has 20 heavy (non-hydrogen) atoms. The summed E-state index contributed by atoms with van der Waals surface area (Å²) in [7, 11) is 0. The normalized spacial score (nSPS) is 11.6. The van der Waals surface area contributed by atoms with Gasteiger partial charge in [-0.1, -0.05) is 32.9 Å². The summed E-state index contributed by atoms with van der Waals surface area (Å²) in [5.41, 5.74) is 5.60. The summed E-state index contributed by atoms with van der Waals surface area (Å²) < 4.78 is 5.63. The Morgan fingerprint density at radius 2 is 2.10 bits per heavy atom. The maximum Gasteiger partial charge on any atom is 0.277 e. The molecule has 1 rings (SSSR count). The molecule has 0 aliphatic rings. The first-order valence-corrected chi connectivity index (χ1v) is 6.99. The number of ether oxygens (including phenoxy) is 1. The van der Waals surface area contributed by atoms with Crippen molar-refractivity contribution >= 4 is 11.6 Å². The number of hydrogen-bond acceptors (Lipinski definition) is 3. The van der Waals surface area contributed by atoms with E-state index < -0.39 is 0 Å². The molecule has 110 valence electrons. The smallest absolute Gasteiger partial charge is 0.277 e. The lowest BCUT2D eigenvalue weighted by molar-refractivity contribution is -0.123. The molecule has 1 amide bonds. The highest BCUT2D eigenvalue weighted by molar-refractivity contribution is 5.84. The predicted molar refractivity (Wildman–Crippen MR) is 82.3 cm³/mol. The van der Waals surface area contributed by atoms with Crippen molar-refractivity contribution in [2.24, 2.45) is 5.10 Å². The van der Waals surface area contributed by atoms with Gasteiger partial charge in [-0.3, -0.25) is 4.79 Å². The molecular formula is C16H24N2O2. The molecule has 0 aliphatic carbocycles. The van der Waals surface area contributed by atoms with Crippen molar-refractivity contribution in [2.75, 3.05) is 6.61 Å². The fourth-order valence-corrected chi connectivity index (χ4v) is 1.66. The lowest BCUT2D eigenvalue weighted by Gasteiger charge is -2.14. The van der Waals surface area contributed by atoms with Gasteiger partial charge < -0.3 is 4.74 Å². The molecule has 1 aromatic carbocycles. The molecule has 0 fully saturated rings. The highest BCUT2D eigenvalue weighted by atomic mass is 16.5. The molecule has 0 radical (unpaired) electrons. The molecule has 0 aliphatic heterocycles. The van der Waals surface area contributed by atoms with Crippen molar-refractivity contribution in [3.05, 3.63) is 29.3 Å². The molecule has 4 heteroatoms. The zero-order valence-corrected chi connectivity index (χ0v) is 13.0. The Morgan fingerprint density at radius 3 is 2.70 bits per heavy atom. The molecule has 0 saturated carbocycles. The maximum absolute atomic E-state index is 11.7. The van der Waals surface area contributed by atoms with Crippen molar-refractivity contribution in [1.82, 2.24) is 5.43 Å². The number of benzene rings is 1. The van der Waals surface area contributed by atoms with Gasteiger partial charge in [0.2, 0.25) is 0 Å². The van der Waals surface area contributed by atoms with Gasteiger partial charge in [-0.15, -0.1) is 0 Å². The van der Waals surface area contributed by atoms with E-state index in [1.54, 1.807) is 0 Å². The van der Waals surface area contributed by atoms with Crippen molar-refractivity contribution in [2.45, 2.75) is 47.0 Å². The van der Waals surface area contributed by atoms with Crippen LogP contribution in [0.3, 0.4) is 0 Å². The number of rotatable bonds is 6. The fourth-order valence-electron chi connectivity index (χ4n) is 1.66. The van der Waals surface area contributed by atoms with Gasteiger partial charge in [0.1, 0.15) is 5.75 Å². The second-order valence-corrected chi connectivity index (χ2v) is 5.22. The van der Waals surface area contributed by atoms with Crippen LogP contribution in [0.5, 0.6) is 5.75 Å². The van der Waals surface area contributed by atoms with Gasteiger partial charge >= 0.3 is 0 Å². The SMILES string of the molecule is CC/C(C)=N/NC(=O)COc1cc(C)ccc1C(C)C. The molecule has 0 aromatic heterocycles. The summed E-state index contributed by atoms with van der Waals surface area (Å²) in [4.78, 5) is 11.7. The molecule has 0 heterocycles. The fraction of sp³-hybridized carbons (Fsp3) is 0.500. The van der Waals surface area contributed by atoms with E-state index in [9.17, 15) is 4.79 Å². The minimum absolute atomic E-state index is 0.0241. The van der Waals surface area contributed by atoms with Crippen LogP contribution in [0.1, 0.15) is 51.2 Å². The van der Waals surface area contributed by atoms with E-state index in [1.807, 2.05) is 32.9 Å². The molecule has 1 aromatic rings. The van der Waals surface area contributed by atoms with Gasteiger partial charge in [-0.2, -0.15) is 5.10 Å². The summed E-state index contributed by atoms with van der Waals surface area (Å²) in [6.45, 7) is 10.1. The molecule has 1 N–H and O–H groups in total. The largest absolute Gasteiger partial charge is 0.483 e. The minimum Gasteiger partial charge on any atom is -0.483 e. The number of aryl methyl sites for hydroxylation is 1. The number of carbonyl (C=O) groups excluding carboxylic acids is 1. The maximum atomic E-state index is 11.7. The Labute approximate surface area is 121 Å². The lowest BCUT2D eigenvalue weighted by Crippen LogP contribution is -2.25. The Morgan fingerprint density at radius 1 is 1.40 bits per heavy atom. The van der Waals surface area contributed by atoms with Gasteiger partial charge in [-0.05, 0) is 43.4 Å². The van der Waals surface area contributed by atoms with E-state index in [0.29, 0.717) is 5.92 Å². The summed E-state index contributed by atoms with van der Waals surface area (Å²) >= 11 is 0. The van der Waals surface area contributed by atoms with Crippen LogP contribution < -0.4 is 10.2 Å². The molecule has 4 nitrogen and oxygen atoms in total. The van der Waals surface area contributed by atoms with Crippen LogP contribution in [0, 0.1) is 6.92 Å². The number of carbonyl (C=O) groups is 1. The topological polar surface area (TPSA) is 50.7 Å². The molecule has 0 bridgehead atoms. The van der Waals surface area contributed by atoms with Crippen LogP contribution in [-0.2, 0) is 4.79 Å². The Kier molecular flexibility index (Phi) is 6.22. The second-order valence-electron chi connectivity index (χ2n) is 5.22. The average Bonchev–Trinajstić information content (AvgIpc) is 2.42. The van der Waals surface area contributed by atoms with Crippen LogP contribution in [0.25, 0.3) is 0 Å². The van der Waals surface area contributed by atoms with Gasteiger partial charge in [0.15, 0.2) is 6.61 Å². The van der Waals surface area contributed by atoms with E-state index >= 15 is 0 Å². The van der Waals surface area contributed by atoms with E-state index in [4.69, 9.17) is 4.74 Å². The van der Waals surface area contributed by atoms with Crippen LogP contribution in [0.15, 0.2) is 23.3 Å². The minimum atomic E-state index is -0.242. The van der Waals surface area contributed by atoms with E-state index in [0.717, 1.165) is 29.0 Å². The zero-order chi connectivity index (χ0) is 15.1. The Balaban J connectivity index is 2.65. The summed E-state index contributed by atoms with van der Waals surface area (Å²) in [6, 6.07) is 6.06. The van der Waals surface area contributed by atoms with E-state index in [2.05, 4.69) is 30.4 Å². The van der Waals surface area contributed by atoms with Crippen LogP contribution in [0.2, 0.25) is 0 Å². The van der Waals surface area contributed by atoms with E-state index in [-0.39, 0.29) is 12.5 Å². The highest BCUT2D eigenvalue weighted by Crippen LogP contribution is 2.27. The monoisotopic (exact) mass is 276 g/mol. The Hall–Kier alpha value is -1.84. The number of hydrogen-bond donors (Lipinski definition) is 1. The van der Waals surface area contributed by atoms with Crippen molar-refractivity contribution in [3.63, 3.8) is 0 Å². The summed E-state index contributed by atoms with van der Waals surface area (Å²) in [5.74, 6) is 0.884. The van der Waals surface area contributed by atoms with E-state index in [1.165, 1.54) is 0 Å². The summed E-state index contributed by atoms with van der Waals surface area (Å²) in [6.07, 6.45) is 0.816. The third kappa shape index (κ3) is 5.03. The molecule has 0 atom stereocenters. The number of nitrogens with one attached hydrogen (secondary N) is 1. The predicted octanol–water partition coefficient (Wildman–Crippen LogP) is 3.40. The number of hydrazone groups is 1. The first kappa shape index (κ1) is 16.2.